The number of ether oxygens (including phenoxy) is 2. The van der Waals surface area contributed by atoms with Crippen molar-refractivity contribution in [1.29, 1.82) is 0 Å². The van der Waals surface area contributed by atoms with Crippen molar-refractivity contribution in [1.82, 2.24) is 0 Å². The normalized spacial score (nSPS) is 17.1. The van der Waals surface area contributed by atoms with Gasteiger partial charge in [0.1, 0.15) is 17.3 Å². The number of aliphatic hydroxyl groups is 1. The molecule has 34 heavy (non-hydrogen) atoms. The predicted molar refractivity (Wildman–Crippen MR) is 131 cm³/mol. The summed E-state index contributed by atoms with van der Waals surface area (Å²) in [4.78, 5) is 28.0. The zero-order valence-corrected chi connectivity index (χ0v) is 19.4. The molecule has 0 saturated carbocycles. The number of aryl methyl sites for hydroxylation is 1. The van der Waals surface area contributed by atoms with Crippen LogP contribution in [0, 0.1) is 6.92 Å². The van der Waals surface area contributed by atoms with E-state index < -0.39 is 17.7 Å². The number of amides is 1. The molecule has 1 fully saturated rings. The average molecular weight is 458 g/mol. The predicted octanol–water partition coefficient (Wildman–Crippen LogP) is 5.42. The number of benzene rings is 3. The number of hydrogen-bond donors (Lipinski definition) is 1. The Bertz CT molecular complexity index is 1250. The van der Waals surface area contributed by atoms with Crippen LogP contribution in [0.15, 0.2) is 78.4 Å². The fourth-order valence-corrected chi connectivity index (χ4v) is 4.09. The summed E-state index contributed by atoms with van der Waals surface area (Å²) in [5.74, 6) is -0.405. The Kier molecular flexibility index (Phi) is 6.68. The number of rotatable bonds is 7. The first-order chi connectivity index (χ1) is 16.4. The van der Waals surface area contributed by atoms with Crippen molar-refractivity contribution in [2.45, 2.75) is 26.3 Å². The SMILES string of the molecule is CCCOc1ccc(/C(O)=C2\C(=O)C(=O)N(c3cccc(C)c3)C2c2cccc(OC)c2)cc1. The Labute approximate surface area is 199 Å². The van der Waals surface area contributed by atoms with Crippen molar-refractivity contribution in [3.63, 3.8) is 0 Å². The van der Waals surface area contributed by atoms with Crippen LogP contribution < -0.4 is 14.4 Å². The molecule has 1 aliphatic rings. The second-order valence-corrected chi connectivity index (χ2v) is 8.16. The Balaban J connectivity index is 1.87. The minimum absolute atomic E-state index is 0.0296. The number of ketones is 1. The lowest BCUT2D eigenvalue weighted by Gasteiger charge is -2.26. The van der Waals surface area contributed by atoms with Crippen LogP contribution in [0.25, 0.3) is 5.76 Å². The smallest absolute Gasteiger partial charge is 0.300 e. The summed E-state index contributed by atoms with van der Waals surface area (Å²) in [6.07, 6.45) is 0.880. The van der Waals surface area contributed by atoms with E-state index in [0.29, 0.717) is 34.9 Å². The third kappa shape index (κ3) is 4.39. The fourth-order valence-electron chi connectivity index (χ4n) is 4.09. The third-order valence-corrected chi connectivity index (χ3v) is 5.73. The fraction of sp³-hybridized carbons (Fsp3) is 0.214. The van der Waals surface area contributed by atoms with Crippen molar-refractivity contribution >= 4 is 23.1 Å². The van der Waals surface area contributed by atoms with Crippen LogP contribution in [0.3, 0.4) is 0 Å². The number of nitrogens with zero attached hydrogens (tertiary/aromatic N) is 1. The van der Waals surface area contributed by atoms with Gasteiger partial charge in [-0.2, -0.15) is 0 Å². The van der Waals surface area contributed by atoms with Gasteiger partial charge < -0.3 is 14.6 Å². The van der Waals surface area contributed by atoms with E-state index in [-0.39, 0.29) is 11.3 Å². The molecule has 1 unspecified atom stereocenters. The Hall–Kier alpha value is -4.06. The van der Waals surface area contributed by atoms with Gasteiger partial charge in [0.15, 0.2) is 0 Å². The highest BCUT2D eigenvalue weighted by molar-refractivity contribution is 6.51. The molecule has 0 spiro atoms. The molecule has 3 aromatic rings. The molecule has 0 bridgehead atoms. The summed E-state index contributed by atoms with van der Waals surface area (Å²) in [6.45, 7) is 4.53. The summed E-state index contributed by atoms with van der Waals surface area (Å²) < 4.78 is 11.0. The van der Waals surface area contributed by atoms with Crippen LogP contribution in [0.2, 0.25) is 0 Å². The topological polar surface area (TPSA) is 76.1 Å². The van der Waals surface area contributed by atoms with E-state index in [1.807, 2.05) is 38.1 Å². The van der Waals surface area contributed by atoms with Gasteiger partial charge in [0.25, 0.3) is 11.7 Å². The van der Waals surface area contributed by atoms with E-state index in [1.54, 1.807) is 55.6 Å². The largest absolute Gasteiger partial charge is 0.507 e. The Morgan fingerprint density at radius 2 is 1.71 bits per heavy atom. The average Bonchev–Trinajstić information content (AvgIpc) is 3.13. The first-order valence-electron chi connectivity index (χ1n) is 11.2. The molecule has 3 aromatic carbocycles. The monoisotopic (exact) mass is 457 g/mol. The minimum Gasteiger partial charge on any atom is -0.507 e. The number of carbonyl (C=O) groups is 2. The Morgan fingerprint density at radius 3 is 2.38 bits per heavy atom. The number of methoxy groups -OCH3 is 1. The van der Waals surface area contributed by atoms with Crippen LogP contribution in [0.4, 0.5) is 5.69 Å². The van der Waals surface area contributed by atoms with Crippen molar-refractivity contribution in [3.05, 3.63) is 95.1 Å². The van der Waals surface area contributed by atoms with Gasteiger partial charge >= 0.3 is 0 Å². The number of aliphatic hydroxyl groups excluding tert-OH is 1. The molecule has 174 valence electrons. The van der Waals surface area contributed by atoms with E-state index in [4.69, 9.17) is 9.47 Å². The van der Waals surface area contributed by atoms with Crippen LogP contribution in [-0.2, 0) is 9.59 Å². The number of hydrogen-bond acceptors (Lipinski definition) is 5. The molecule has 6 nitrogen and oxygen atoms in total. The molecule has 1 atom stereocenters. The van der Waals surface area contributed by atoms with Crippen LogP contribution in [-0.4, -0.2) is 30.5 Å². The van der Waals surface area contributed by atoms with Gasteiger partial charge in [-0.3, -0.25) is 14.5 Å². The second-order valence-electron chi connectivity index (χ2n) is 8.16. The van der Waals surface area contributed by atoms with Crippen LogP contribution in [0.5, 0.6) is 11.5 Å². The second kappa shape index (κ2) is 9.83. The van der Waals surface area contributed by atoms with E-state index in [1.165, 1.54) is 4.90 Å². The van der Waals surface area contributed by atoms with Crippen molar-refractivity contribution < 1.29 is 24.2 Å². The zero-order chi connectivity index (χ0) is 24.2. The molecule has 0 radical (unpaired) electrons. The van der Waals surface area contributed by atoms with Gasteiger partial charge in [-0.05, 0) is 73.0 Å². The highest BCUT2D eigenvalue weighted by Gasteiger charge is 2.47. The summed E-state index contributed by atoms with van der Waals surface area (Å²) in [5, 5.41) is 11.3. The van der Waals surface area contributed by atoms with Gasteiger partial charge in [0.2, 0.25) is 0 Å². The van der Waals surface area contributed by atoms with E-state index >= 15 is 0 Å². The van der Waals surface area contributed by atoms with Gasteiger partial charge in [-0.25, -0.2) is 0 Å². The molecule has 0 aromatic heterocycles. The lowest BCUT2D eigenvalue weighted by molar-refractivity contribution is -0.132. The maximum Gasteiger partial charge on any atom is 0.300 e. The zero-order valence-electron chi connectivity index (χ0n) is 19.4. The van der Waals surface area contributed by atoms with Gasteiger partial charge in [0.05, 0.1) is 25.3 Å². The molecule has 1 heterocycles. The minimum atomic E-state index is -0.812. The maximum atomic E-state index is 13.3. The molecular weight excluding hydrogens is 430 g/mol. The van der Waals surface area contributed by atoms with Crippen molar-refractivity contribution in [2.75, 3.05) is 18.6 Å². The molecule has 1 aliphatic heterocycles. The van der Waals surface area contributed by atoms with Gasteiger partial charge in [-0.15, -0.1) is 0 Å². The first kappa shape index (κ1) is 23.1. The highest BCUT2D eigenvalue weighted by Crippen LogP contribution is 2.43. The van der Waals surface area contributed by atoms with E-state index in [0.717, 1.165) is 12.0 Å². The third-order valence-electron chi connectivity index (χ3n) is 5.73. The molecule has 4 rings (SSSR count). The Morgan fingerprint density at radius 1 is 0.971 bits per heavy atom. The molecular formula is C28H27NO5. The number of anilines is 1. The summed E-state index contributed by atoms with van der Waals surface area (Å²) in [7, 11) is 1.55. The quantitative estimate of drug-likeness (QED) is 0.291. The lowest BCUT2D eigenvalue weighted by atomic mass is 9.95. The molecule has 6 heteroatoms. The summed E-state index contributed by atoms with van der Waals surface area (Å²) in [6, 6.07) is 20.6. The first-order valence-corrected chi connectivity index (χ1v) is 11.2. The van der Waals surface area contributed by atoms with Gasteiger partial charge in [0, 0.05) is 11.3 Å². The number of carbonyl (C=O) groups excluding carboxylic acids is 2. The standard InChI is InChI=1S/C28H27NO5/c1-4-15-34-22-13-11-19(12-14-22)26(30)24-25(20-8-6-10-23(17-20)33-3)29(28(32)27(24)31)21-9-5-7-18(2)16-21/h5-14,16-17,25,30H,4,15H2,1-3H3/b26-24+. The lowest BCUT2D eigenvalue weighted by Crippen LogP contribution is -2.29. The van der Waals surface area contributed by atoms with Crippen molar-refractivity contribution in [3.8, 4) is 11.5 Å². The van der Waals surface area contributed by atoms with E-state index in [2.05, 4.69) is 0 Å². The highest BCUT2D eigenvalue weighted by atomic mass is 16.5. The molecule has 1 saturated heterocycles. The number of Topliss-reactive ketones (excluding diaryl/α,β-unsaturated/α-hetero) is 1. The van der Waals surface area contributed by atoms with E-state index in [9.17, 15) is 14.7 Å². The molecule has 1 N–H and O–H groups in total. The maximum absolute atomic E-state index is 13.3. The molecule has 0 aliphatic carbocycles. The van der Waals surface area contributed by atoms with Crippen LogP contribution in [0.1, 0.15) is 36.1 Å². The summed E-state index contributed by atoms with van der Waals surface area (Å²) in [5.41, 5.74) is 2.65. The van der Waals surface area contributed by atoms with Crippen molar-refractivity contribution in [2.24, 2.45) is 0 Å². The van der Waals surface area contributed by atoms with Crippen LogP contribution >= 0.6 is 0 Å². The summed E-state index contributed by atoms with van der Waals surface area (Å²) >= 11 is 0. The molecule has 1 amide bonds. The van der Waals surface area contributed by atoms with Gasteiger partial charge in [-0.1, -0.05) is 31.2 Å².